The molecular weight excluding hydrogens is 283 g/mol. The van der Waals surface area contributed by atoms with Crippen LogP contribution in [0.25, 0.3) is 0 Å². The molecule has 0 amide bonds. The molecule has 0 atom stereocenters. The lowest BCUT2D eigenvalue weighted by atomic mass is 10.0. The van der Waals surface area contributed by atoms with Crippen molar-refractivity contribution in [2.45, 2.75) is 31.3 Å². The van der Waals surface area contributed by atoms with E-state index in [-0.39, 0.29) is 12.2 Å². The number of aliphatic hydroxyl groups is 1. The third-order valence-electron chi connectivity index (χ3n) is 3.65. The summed E-state index contributed by atoms with van der Waals surface area (Å²) >= 11 is 0. The van der Waals surface area contributed by atoms with Gasteiger partial charge in [-0.3, -0.25) is 10.1 Å². The summed E-state index contributed by atoms with van der Waals surface area (Å²) in [7, 11) is 0. The highest BCUT2D eigenvalue weighted by Gasteiger charge is 2.31. The zero-order valence-electron chi connectivity index (χ0n) is 11.1. The van der Waals surface area contributed by atoms with Crippen LogP contribution in [-0.4, -0.2) is 33.3 Å². The molecule has 0 bridgehead atoms. The number of nitro benzene ring substituents is 1. The Bertz CT molecular complexity index is 584. The SMILES string of the molecule is O=C(O)c1cc(NCC2(O)CCCC2)c(F)cc1[N+](=O)[O-]. The van der Waals surface area contributed by atoms with E-state index >= 15 is 0 Å². The molecule has 8 heteroatoms. The van der Waals surface area contributed by atoms with Gasteiger partial charge in [0.2, 0.25) is 0 Å². The van der Waals surface area contributed by atoms with Crippen LogP contribution in [0.3, 0.4) is 0 Å². The van der Waals surface area contributed by atoms with Gasteiger partial charge in [0.1, 0.15) is 5.56 Å². The fourth-order valence-electron chi connectivity index (χ4n) is 2.49. The van der Waals surface area contributed by atoms with Crippen LogP contribution in [0, 0.1) is 15.9 Å². The summed E-state index contributed by atoms with van der Waals surface area (Å²) in [5.41, 5.74) is -2.51. The zero-order valence-corrected chi connectivity index (χ0v) is 11.1. The van der Waals surface area contributed by atoms with Crippen LogP contribution in [0.1, 0.15) is 36.0 Å². The Morgan fingerprint density at radius 3 is 2.57 bits per heavy atom. The van der Waals surface area contributed by atoms with Gasteiger partial charge in [0, 0.05) is 6.54 Å². The van der Waals surface area contributed by atoms with Crippen LogP contribution in [0.15, 0.2) is 12.1 Å². The molecule has 0 heterocycles. The summed E-state index contributed by atoms with van der Waals surface area (Å²) in [6.07, 6.45) is 2.92. The molecule has 1 aromatic carbocycles. The van der Waals surface area contributed by atoms with Crippen molar-refractivity contribution in [1.82, 2.24) is 0 Å². The summed E-state index contributed by atoms with van der Waals surface area (Å²) in [6.45, 7) is 0.0702. The number of anilines is 1. The van der Waals surface area contributed by atoms with Crippen LogP contribution >= 0.6 is 0 Å². The van der Waals surface area contributed by atoms with Gasteiger partial charge >= 0.3 is 5.97 Å². The lowest BCUT2D eigenvalue weighted by molar-refractivity contribution is -0.385. The number of carboxylic acids is 1. The Morgan fingerprint density at radius 1 is 1.43 bits per heavy atom. The Morgan fingerprint density at radius 2 is 2.05 bits per heavy atom. The van der Waals surface area contributed by atoms with Crippen molar-refractivity contribution in [2.24, 2.45) is 0 Å². The van der Waals surface area contributed by atoms with Crippen LogP contribution in [0.4, 0.5) is 15.8 Å². The first-order chi connectivity index (χ1) is 9.82. The quantitative estimate of drug-likeness (QED) is 0.567. The molecule has 0 spiro atoms. The first kappa shape index (κ1) is 15.2. The second-order valence-electron chi connectivity index (χ2n) is 5.20. The number of halogens is 1. The summed E-state index contributed by atoms with van der Waals surface area (Å²) in [5, 5.41) is 32.5. The number of nitrogens with one attached hydrogen (secondary N) is 1. The number of rotatable bonds is 5. The van der Waals surface area contributed by atoms with Gasteiger partial charge in [0.05, 0.1) is 22.3 Å². The monoisotopic (exact) mass is 298 g/mol. The molecular formula is C13H15FN2O5. The van der Waals surface area contributed by atoms with Gasteiger partial charge in [-0.15, -0.1) is 0 Å². The van der Waals surface area contributed by atoms with E-state index in [0.717, 1.165) is 18.9 Å². The van der Waals surface area contributed by atoms with E-state index in [1.807, 2.05) is 0 Å². The van der Waals surface area contributed by atoms with Crippen LogP contribution in [0.2, 0.25) is 0 Å². The van der Waals surface area contributed by atoms with E-state index < -0.39 is 33.6 Å². The van der Waals surface area contributed by atoms with Crippen molar-refractivity contribution >= 4 is 17.3 Å². The standard InChI is InChI=1S/C13H15FN2O5/c14-9-6-11(16(20)21)8(12(17)18)5-10(9)15-7-13(19)3-1-2-4-13/h5-6,15,19H,1-4,7H2,(H,17,18). The number of hydrogen-bond donors (Lipinski definition) is 3. The van der Waals surface area contributed by atoms with E-state index in [0.29, 0.717) is 18.9 Å². The molecule has 1 fully saturated rings. The lowest BCUT2D eigenvalue weighted by Crippen LogP contribution is -2.33. The summed E-state index contributed by atoms with van der Waals surface area (Å²) in [5.74, 6) is -2.43. The van der Waals surface area contributed by atoms with Gasteiger partial charge in [-0.05, 0) is 18.9 Å². The van der Waals surface area contributed by atoms with Crippen LogP contribution in [0.5, 0.6) is 0 Å². The summed E-state index contributed by atoms with van der Waals surface area (Å²) < 4.78 is 13.8. The molecule has 114 valence electrons. The Kier molecular flexibility index (Phi) is 4.08. The van der Waals surface area contributed by atoms with Crippen molar-refractivity contribution in [3.8, 4) is 0 Å². The third kappa shape index (κ3) is 3.27. The molecule has 1 aliphatic rings. The van der Waals surface area contributed by atoms with Gasteiger partial charge in [0.15, 0.2) is 5.82 Å². The predicted molar refractivity (Wildman–Crippen MR) is 71.9 cm³/mol. The van der Waals surface area contributed by atoms with Crippen LogP contribution < -0.4 is 5.32 Å². The predicted octanol–water partition coefficient (Wildman–Crippen LogP) is 2.15. The maximum Gasteiger partial charge on any atom is 0.342 e. The van der Waals surface area contributed by atoms with Crippen molar-refractivity contribution in [2.75, 3.05) is 11.9 Å². The van der Waals surface area contributed by atoms with Gasteiger partial charge in [-0.1, -0.05) is 12.8 Å². The van der Waals surface area contributed by atoms with Gasteiger partial charge < -0.3 is 15.5 Å². The van der Waals surface area contributed by atoms with Crippen molar-refractivity contribution < 1.29 is 24.3 Å². The molecule has 2 rings (SSSR count). The normalized spacial score (nSPS) is 16.7. The minimum absolute atomic E-state index is 0.0702. The lowest BCUT2D eigenvalue weighted by Gasteiger charge is -2.23. The third-order valence-corrected chi connectivity index (χ3v) is 3.65. The van der Waals surface area contributed by atoms with Gasteiger partial charge in [-0.2, -0.15) is 0 Å². The molecule has 1 aromatic rings. The maximum atomic E-state index is 13.8. The molecule has 0 saturated heterocycles. The van der Waals surface area contributed by atoms with Crippen LogP contribution in [-0.2, 0) is 0 Å². The molecule has 0 unspecified atom stereocenters. The summed E-state index contributed by atoms with van der Waals surface area (Å²) in [6, 6.07) is 1.46. The van der Waals surface area contributed by atoms with E-state index in [2.05, 4.69) is 5.32 Å². The smallest absolute Gasteiger partial charge is 0.342 e. The van der Waals surface area contributed by atoms with E-state index in [1.165, 1.54) is 0 Å². The number of carboxylic acid groups (broad SMARTS) is 1. The summed E-state index contributed by atoms with van der Waals surface area (Å²) in [4.78, 5) is 20.8. The molecule has 3 N–H and O–H groups in total. The Balaban J connectivity index is 2.25. The molecule has 21 heavy (non-hydrogen) atoms. The molecule has 7 nitrogen and oxygen atoms in total. The number of nitrogens with zero attached hydrogens (tertiary/aromatic N) is 1. The number of benzene rings is 1. The number of carbonyl (C=O) groups is 1. The average Bonchev–Trinajstić information content (AvgIpc) is 2.84. The van der Waals surface area contributed by atoms with Crippen molar-refractivity contribution in [1.29, 1.82) is 0 Å². The topological polar surface area (TPSA) is 113 Å². The molecule has 1 saturated carbocycles. The maximum absolute atomic E-state index is 13.8. The van der Waals surface area contributed by atoms with E-state index in [4.69, 9.17) is 5.11 Å². The van der Waals surface area contributed by atoms with E-state index in [1.54, 1.807) is 0 Å². The van der Waals surface area contributed by atoms with Gasteiger partial charge in [-0.25, -0.2) is 9.18 Å². The Labute approximate surface area is 119 Å². The fourth-order valence-corrected chi connectivity index (χ4v) is 2.49. The largest absolute Gasteiger partial charge is 0.477 e. The minimum atomic E-state index is -1.51. The fraction of sp³-hybridized carbons (Fsp3) is 0.462. The van der Waals surface area contributed by atoms with Gasteiger partial charge in [0.25, 0.3) is 5.69 Å². The number of hydrogen-bond acceptors (Lipinski definition) is 5. The second kappa shape index (κ2) is 5.65. The van der Waals surface area contributed by atoms with E-state index in [9.17, 15) is 24.4 Å². The second-order valence-corrected chi connectivity index (χ2v) is 5.20. The first-order valence-corrected chi connectivity index (χ1v) is 6.50. The number of aromatic carboxylic acids is 1. The molecule has 0 radical (unpaired) electrons. The molecule has 0 aromatic heterocycles. The van der Waals surface area contributed by atoms with Crippen molar-refractivity contribution in [3.05, 3.63) is 33.6 Å². The Hall–Kier alpha value is -2.22. The minimum Gasteiger partial charge on any atom is -0.477 e. The highest BCUT2D eigenvalue weighted by atomic mass is 19.1. The number of nitro groups is 1. The molecule has 0 aliphatic heterocycles. The highest BCUT2D eigenvalue weighted by molar-refractivity contribution is 5.93. The van der Waals surface area contributed by atoms with Crippen molar-refractivity contribution in [3.63, 3.8) is 0 Å². The highest BCUT2D eigenvalue weighted by Crippen LogP contribution is 2.31. The molecule has 1 aliphatic carbocycles. The zero-order chi connectivity index (χ0) is 15.6. The first-order valence-electron chi connectivity index (χ1n) is 6.50. The average molecular weight is 298 g/mol.